The molecule has 1 saturated heterocycles. The highest BCUT2D eigenvalue weighted by atomic mass is 16.5. The molecule has 1 aliphatic rings. The number of imidazole rings is 1. The third-order valence-corrected chi connectivity index (χ3v) is 8.58. The van der Waals surface area contributed by atoms with Crippen molar-refractivity contribution in [3.63, 3.8) is 0 Å². The standard InChI is InChI=1S/C36H37N7O6/c1-2-47-25-11-6-10-23(16-25)35(46)42-30-32(45)28(18-44)49-36(30)43-21-41-31-33(39-20-40-34(31)43)37-15-14-24-17-38-29-26(24)12-7-13-27(29)48-19-22-8-4-3-5-9-22/h3-13,16-17,20-21,28,30,32,36,38,44-45H,2,14-15,18-19H2,1H3,(H,42,46)(H,37,39,40)/t28-,30-,32-,36-/m1/s1. The average molecular weight is 664 g/mol. The first-order valence-electron chi connectivity index (χ1n) is 16.2. The molecule has 252 valence electrons. The zero-order valence-electron chi connectivity index (χ0n) is 26.8. The number of fused-ring (bicyclic) bond motifs is 2. The Labute approximate surface area is 281 Å². The summed E-state index contributed by atoms with van der Waals surface area (Å²) in [5.74, 6) is 1.45. The van der Waals surface area contributed by atoms with E-state index in [0.29, 0.717) is 54.5 Å². The van der Waals surface area contributed by atoms with E-state index in [-0.39, 0.29) is 0 Å². The molecular formula is C36H37N7O6. The minimum atomic E-state index is -1.19. The van der Waals surface area contributed by atoms with Crippen LogP contribution in [-0.2, 0) is 17.8 Å². The minimum Gasteiger partial charge on any atom is -0.494 e. The quantitative estimate of drug-likeness (QED) is 0.122. The van der Waals surface area contributed by atoms with Crippen molar-refractivity contribution in [3.05, 3.63) is 108 Å². The number of rotatable bonds is 13. The lowest BCUT2D eigenvalue weighted by Gasteiger charge is -2.23. The monoisotopic (exact) mass is 663 g/mol. The fourth-order valence-corrected chi connectivity index (χ4v) is 6.15. The molecule has 3 aromatic carbocycles. The Balaban J connectivity index is 1.06. The number of benzene rings is 3. The van der Waals surface area contributed by atoms with Crippen LogP contribution in [0.15, 0.2) is 91.6 Å². The van der Waals surface area contributed by atoms with Crippen LogP contribution in [0.2, 0.25) is 0 Å². The fourth-order valence-electron chi connectivity index (χ4n) is 6.15. The number of aliphatic hydroxyl groups is 2. The molecule has 0 unspecified atom stereocenters. The molecule has 0 bridgehead atoms. The van der Waals surface area contributed by atoms with Crippen molar-refractivity contribution in [1.29, 1.82) is 0 Å². The molecule has 0 aliphatic carbocycles. The molecule has 4 heterocycles. The van der Waals surface area contributed by atoms with Gasteiger partial charge in [-0.15, -0.1) is 0 Å². The van der Waals surface area contributed by atoms with Crippen LogP contribution in [-0.4, -0.2) is 78.6 Å². The predicted molar refractivity (Wildman–Crippen MR) is 182 cm³/mol. The zero-order chi connectivity index (χ0) is 33.7. The van der Waals surface area contributed by atoms with Gasteiger partial charge in [0, 0.05) is 23.7 Å². The van der Waals surface area contributed by atoms with E-state index in [1.54, 1.807) is 28.8 Å². The lowest BCUT2D eigenvalue weighted by molar-refractivity contribution is -0.0440. The number of hydrogen-bond donors (Lipinski definition) is 5. The van der Waals surface area contributed by atoms with Crippen LogP contribution in [0.4, 0.5) is 5.82 Å². The topological polar surface area (TPSA) is 169 Å². The maximum atomic E-state index is 13.3. The van der Waals surface area contributed by atoms with Gasteiger partial charge in [0.2, 0.25) is 0 Å². The first kappa shape index (κ1) is 32.1. The lowest BCUT2D eigenvalue weighted by atomic mass is 10.1. The Morgan fingerprint density at radius 2 is 1.90 bits per heavy atom. The van der Waals surface area contributed by atoms with Gasteiger partial charge < -0.3 is 40.0 Å². The number of nitrogens with one attached hydrogen (secondary N) is 3. The van der Waals surface area contributed by atoms with Gasteiger partial charge in [-0.1, -0.05) is 48.5 Å². The van der Waals surface area contributed by atoms with Gasteiger partial charge in [-0.25, -0.2) is 15.0 Å². The number of nitrogens with zero attached hydrogens (tertiary/aromatic N) is 4. The van der Waals surface area contributed by atoms with Crippen LogP contribution in [0.5, 0.6) is 11.5 Å². The van der Waals surface area contributed by atoms with Crippen molar-refractivity contribution in [3.8, 4) is 11.5 Å². The molecule has 0 radical (unpaired) electrons. The van der Waals surface area contributed by atoms with E-state index in [4.69, 9.17) is 14.2 Å². The number of amides is 1. The molecular weight excluding hydrogens is 626 g/mol. The molecule has 5 N–H and O–H groups in total. The SMILES string of the molecule is CCOc1cccc(C(=O)N[C@@H]2[C@H](O)[C@@H](CO)O[C@H]2n2cnc3c(NCCc4c[nH]c5c(OCc6ccccc6)cccc45)ncnc32)c1. The number of carbonyl (C=O) groups excluding carboxylic acids is 1. The Kier molecular flexibility index (Phi) is 9.37. The molecule has 3 aromatic heterocycles. The second-order valence-corrected chi connectivity index (χ2v) is 11.7. The Hall–Kier alpha value is -5.50. The summed E-state index contributed by atoms with van der Waals surface area (Å²) in [7, 11) is 0. The maximum absolute atomic E-state index is 13.3. The molecule has 1 amide bonds. The highest BCUT2D eigenvalue weighted by Gasteiger charge is 2.46. The second kappa shape index (κ2) is 14.3. The van der Waals surface area contributed by atoms with Gasteiger partial charge in [0.05, 0.1) is 25.1 Å². The predicted octanol–water partition coefficient (Wildman–Crippen LogP) is 3.99. The van der Waals surface area contributed by atoms with Gasteiger partial charge in [0.15, 0.2) is 23.2 Å². The van der Waals surface area contributed by atoms with E-state index in [1.165, 1.54) is 12.7 Å². The van der Waals surface area contributed by atoms with Crippen LogP contribution in [0, 0.1) is 0 Å². The van der Waals surface area contributed by atoms with E-state index in [1.807, 2.05) is 55.6 Å². The molecule has 1 fully saturated rings. The molecule has 4 atom stereocenters. The largest absolute Gasteiger partial charge is 0.494 e. The smallest absolute Gasteiger partial charge is 0.251 e. The van der Waals surface area contributed by atoms with Crippen LogP contribution in [0.25, 0.3) is 22.1 Å². The lowest BCUT2D eigenvalue weighted by Crippen LogP contribution is -2.46. The average Bonchev–Trinajstić information content (AvgIpc) is 3.84. The fraction of sp³-hybridized carbons (Fsp3) is 0.278. The van der Waals surface area contributed by atoms with Crippen molar-refractivity contribution >= 4 is 33.8 Å². The summed E-state index contributed by atoms with van der Waals surface area (Å²) in [6, 6.07) is 21.9. The van der Waals surface area contributed by atoms with Crippen LogP contribution in [0.3, 0.4) is 0 Å². The van der Waals surface area contributed by atoms with Gasteiger partial charge in [0.25, 0.3) is 5.91 Å². The van der Waals surface area contributed by atoms with Crippen molar-refractivity contribution < 1.29 is 29.2 Å². The number of ether oxygens (including phenoxy) is 3. The summed E-state index contributed by atoms with van der Waals surface area (Å²) in [6.07, 6.45) is 2.63. The van der Waals surface area contributed by atoms with Gasteiger partial charge in [0.1, 0.15) is 42.7 Å². The molecule has 6 aromatic rings. The van der Waals surface area contributed by atoms with Crippen LogP contribution >= 0.6 is 0 Å². The summed E-state index contributed by atoms with van der Waals surface area (Å²) in [6.45, 7) is 2.93. The normalized spacial score (nSPS) is 18.9. The molecule has 0 spiro atoms. The first-order chi connectivity index (χ1) is 24.0. The number of aromatic nitrogens is 5. The molecule has 49 heavy (non-hydrogen) atoms. The summed E-state index contributed by atoms with van der Waals surface area (Å²) >= 11 is 0. The number of anilines is 1. The van der Waals surface area contributed by atoms with Gasteiger partial charge >= 0.3 is 0 Å². The molecule has 0 saturated carbocycles. The van der Waals surface area contributed by atoms with Gasteiger partial charge in [-0.2, -0.15) is 0 Å². The Morgan fingerprint density at radius 1 is 1.04 bits per heavy atom. The summed E-state index contributed by atoms with van der Waals surface area (Å²) in [4.78, 5) is 30.1. The highest BCUT2D eigenvalue weighted by Crippen LogP contribution is 2.33. The molecule has 1 aliphatic heterocycles. The van der Waals surface area contributed by atoms with Crippen LogP contribution < -0.4 is 20.1 Å². The van der Waals surface area contributed by atoms with Crippen molar-refractivity contribution in [2.75, 3.05) is 25.1 Å². The molecule has 7 rings (SSSR count). The summed E-state index contributed by atoms with van der Waals surface area (Å²) < 4.78 is 19.3. The van der Waals surface area contributed by atoms with E-state index < -0.39 is 37.0 Å². The summed E-state index contributed by atoms with van der Waals surface area (Å²) in [5.41, 5.74) is 4.47. The molecule has 13 nitrogen and oxygen atoms in total. The number of para-hydroxylation sites is 1. The summed E-state index contributed by atoms with van der Waals surface area (Å²) in [5, 5.41) is 28.3. The van der Waals surface area contributed by atoms with E-state index in [9.17, 15) is 15.0 Å². The van der Waals surface area contributed by atoms with Gasteiger partial charge in [-0.05, 0) is 48.7 Å². The van der Waals surface area contributed by atoms with Crippen molar-refractivity contribution in [2.45, 2.75) is 44.4 Å². The van der Waals surface area contributed by atoms with Crippen molar-refractivity contribution in [2.24, 2.45) is 0 Å². The molecule has 13 heteroatoms. The number of H-pyrrole nitrogens is 1. The Morgan fingerprint density at radius 3 is 2.73 bits per heavy atom. The number of hydrogen-bond acceptors (Lipinski definition) is 10. The Bertz CT molecular complexity index is 2050. The first-order valence-corrected chi connectivity index (χ1v) is 16.2. The number of aliphatic hydroxyl groups excluding tert-OH is 2. The van der Waals surface area contributed by atoms with Crippen molar-refractivity contribution in [1.82, 2.24) is 29.8 Å². The minimum absolute atomic E-state index is 0.361. The van der Waals surface area contributed by atoms with E-state index in [2.05, 4.69) is 36.6 Å². The van der Waals surface area contributed by atoms with E-state index >= 15 is 0 Å². The third kappa shape index (κ3) is 6.64. The second-order valence-electron chi connectivity index (χ2n) is 11.7. The number of aromatic amines is 1. The zero-order valence-corrected chi connectivity index (χ0v) is 26.8. The maximum Gasteiger partial charge on any atom is 0.251 e. The van der Waals surface area contributed by atoms with E-state index in [0.717, 1.165) is 27.8 Å². The van der Waals surface area contributed by atoms with Crippen LogP contribution in [0.1, 0.15) is 34.6 Å². The number of carbonyl (C=O) groups is 1. The third-order valence-electron chi connectivity index (χ3n) is 8.58. The highest BCUT2D eigenvalue weighted by molar-refractivity contribution is 5.95. The van der Waals surface area contributed by atoms with Gasteiger partial charge in [-0.3, -0.25) is 9.36 Å².